The van der Waals surface area contributed by atoms with Crippen molar-refractivity contribution in [2.24, 2.45) is 0 Å². The lowest BCUT2D eigenvalue weighted by Gasteiger charge is -2.35. The van der Waals surface area contributed by atoms with Gasteiger partial charge in [-0.2, -0.15) is 0 Å². The van der Waals surface area contributed by atoms with Crippen molar-refractivity contribution in [2.75, 3.05) is 32.7 Å². The summed E-state index contributed by atoms with van der Waals surface area (Å²) < 4.78 is 20.7. The highest BCUT2D eigenvalue weighted by molar-refractivity contribution is 6.30. The van der Waals surface area contributed by atoms with E-state index in [1.807, 2.05) is 24.3 Å². The Bertz CT molecular complexity index is 943. The van der Waals surface area contributed by atoms with Gasteiger partial charge in [-0.3, -0.25) is 4.90 Å². The summed E-state index contributed by atoms with van der Waals surface area (Å²) in [7, 11) is 0. The Kier molecular flexibility index (Phi) is 7.57. The Labute approximate surface area is 189 Å². The van der Waals surface area contributed by atoms with Crippen molar-refractivity contribution in [3.63, 3.8) is 0 Å². The first-order valence-corrected chi connectivity index (χ1v) is 11.2. The Morgan fingerprint density at radius 3 is 2.16 bits per heavy atom. The number of piperazine rings is 1. The summed E-state index contributed by atoms with van der Waals surface area (Å²) in [6, 6.07) is 24.7. The number of halogens is 2. The topological polar surface area (TPSA) is 15.7 Å². The Morgan fingerprint density at radius 2 is 1.45 bits per heavy atom. The maximum atomic E-state index is 14.5. The smallest absolute Gasteiger partial charge is 0.130 e. The number of hydrogen-bond acceptors (Lipinski definition) is 3. The van der Waals surface area contributed by atoms with Crippen LogP contribution in [-0.2, 0) is 6.54 Å². The van der Waals surface area contributed by atoms with Crippen LogP contribution in [0.15, 0.2) is 78.9 Å². The molecule has 1 unspecified atom stereocenters. The minimum Gasteiger partial charge on any atom is -0.486 e. The molecular formula is C26H28ClFN2O. The van der Waals surface area contributed by atoms with Gasteiger partial charge in [0.05, 0.1) is 0 Å². The molecule has 1 aliphatic rings. The van der Waals surface area contributed by atoms with Crippen molar-refractivity contribution in [3.05, 3.63) is 101 Å². The van der Waals surface area contributed by atoms with E-state index in [1.165, 1.54) is 11.6 Å². The van der Waals surface area contributed by atoms with Gasteiger partial charge in [0.15, 0.2) is 0 Å². The second-order valence-electron chi connectivity index (χ2n) is 7.97. The highest BCUT2D eigenvalue weighted by Crippen LogP contribution is 2.28. The minimum absolute atomic E-state index is 0.228. The third kappa shape index (κ3) is 6.30. The molecule has 0 saturated carbocycles. The summed E-state index contributed by atoms with van der Waals surface area (Å²) in [5.41, 5.74) is 1.95. The molecule has 0 aromatic heterocycles. The average molecular weight is 439 g/mol. The molecule has 4 rings (SSSR count). The van der Waals surface area contributed by atoms with E-state index in [9.17, 15) is 4.39 Å². The molecular weight excluding hydrogens is 411 g/mol. The molecule has 0 bridgehead atoms. The zero-order chi connectivity index (χ0) is 21.5. The molecule has 1 aliphatic heterocycles. The van der Waals surface area contributed by atoms with E-state index in [1.54, 1.807) is 18.2 Å². The van der Waals surface area contributed by atoms with E-state index in [2.05, 4.69) is 40.1 Å². The fourth-order valence-electron chi connectivity index (χ4n) is 4.00. The zero-order valence-corrected chi connectivity index (χ0v) is 18.3. The van der Waals surface area contributed by atoms with Gasteiger partial charge in [0.1, 0.15) is 17.7 Å². The van der Waals surface area contributed by atoms with Crippen molar-refractivity contribution in [3.8, 4) is 5.75 Å². The third-order valence-corrected chi connectivity index (χ3v) is 6.02. The van der Waals surface area contributed by atoms with Gasteiger partial charge in [-0.05, 0) is 35.9 Å². The molecule has 5 heteroatoms. The lowest BCUT2D eigenvalue weighted by molar-refractivity contribution is 0.106. The van der Waals surface area contributed by atoms with Crippen LogP contribution >= 0.6 is 11.6 Å². The lowest BCUT2D eigenvalue weighted by atomic mass is 10.0. The second kappa shape index (κ2) is 10.8. The van der Waals surface area contributed by atoms with Crippen LogP contribution in [-0.4, -0.2) is 42.5 Å². The van der Waals surface area contributed by atoms with Gasteiger partial charge in [0, 0.05) is 56.3 Å². The normalized spacial score (nSPS) is 16.2. The van der Waals surface area contributed by atoms with Gasteiger partial charge in [-0.25, -0.2) is 4.39 Å². The van der Waals surface area contributed by atoms with E-state index < -0.39 is 0 Å². The van der Waals surface area contributed by atoms with Crippen LogP contribution in [0.2, 0.25) is 5.02 Å². The first-order valence-electron chi connectivity index (χ1n) is 10.8. The fraction of sp³-hybridized carbons (Fsp3) is 0.308. The van der Waals surface area contributed by atoms with Gasteiger partial charge in [-0.1, -0.05) is 60.1 Å². The third-order valence-electron chi connectivity index (χ3n) is 5.77. The van der Waals surface area contributed by atoms with Crippen molar-refractivity contribution in [2.45, 2.75) is 19.1 Å². The van der Waals surface area contributed by atoms with E-state index in [0.29, 0.717) is 16.3 Å². The van der Waals surface area contributed by atoms with Gasteiger partial charge in [0.2, 0.25) is 0 Å². The summed E-state index contributed by atoms with van der Waals surface area (Å²) in [6.45, 7) is 5.96. The van der Waals surface area contributed by atoms with Crippen molar-refractivity contribution in [1.29, 1.82) is 0 Å². The van der Waals surface area contributed by atoms with Crippen LogP contribution in [0, 0.1) is 5.82 Å². The molecule has 1 fully saturated rings. The number of nitrogens with zero attached hydrogens (tertiary/aromatic N) is 2. The average Bonchev–Trinajstić information content (AvgIpc) is 2.80. The van der Waals surface area contributed by atoms with E-state index in [4.69, 9.17) is 16.3 Å². The molecule has 1 heterocycles. The summed E-state index contributed by atoms with van der Waals surface area (Å²) in [5, 5.41) is 0.656. The van der Waals surface area contributed by atoms with E-state index >= 15 is 0 Å². The summed E-state index contributed by atoms with van der Waals surface area (Å²) >= 11 is 5.99. The molecule has 0 radical (unpaired) electrons. The van der Waals surface area contributed by atoms with Crippen LogP contribution in [0.5, 0.6) is 5.75 Å². The molecule has 0 N–H and O–H groups in total. The number of ether oxygens (including phenoxy) is 1. The van der Waals surface area contributed by atoms with E-state index in [-0.39, 0.29) is 11.9 Å². The van der Waals surface area contributed by atoms with Gasteiger partial charge < -0.3 is 9.64 Å². The second-order valence-corrected chi connectivity index (χ2v) is 8.41. The molecule has 3 aromatic carbocycles. The monoisotopic (exact) mass is 438 g/mol. The predicted octanol–water partition coefficient (Wildman–Crippen LogP) is 5.81. The number of hydrogen-bond donors (Lipinski definition) is 0. The largest absolute Gasteiger partial charge is 0.486 e. The van der Waals surface area contributed by atoms with E-state index in [0.717, 1.165) is 45.7 Å². The highest BCUT2D eigenvalue weighted by Gasteiger charge is 2.21. The van der Waals surface area contributed by atoms with Crippen LogP contribution in [0.3, 0.4) is 0 Å². The molecule has 0 spiro atoms. The van der Waals surface area contributed by atoms with Gasteiger partial charge >= 0.3 is 0 Å². The van der Waals surface area contributed by atoms with Crippen LogP contribution in [0.25, 0.3) is 0 Å². The number of rotatable bonds is 8. The van der Waals surface area contributed by atoms with Crippen LogP contribution in [0.1, 0.15) is 23.7 Å². The predicted molar refractivity (Wildman–Crippen MR) is 124 cm³/mol. The fourth-order valence-corrected chi connectivity index (χ4v) is 4.13. The number of benzene rings is 3. The molecule has 0 amide bonds. The molecule has 0 aliphatic carbocycles. The van der Waals surface area contributed by atoms with Crippen molar-refractivity contribution >= 4 is 11.6 Å². The summed E-state index contributed by atoms with van der Waals surface area (Å²) in [6.07, 6.45) is 0.382. The summed E-state index contributed by atoms with van der Waals surface area (Å²) in [4.78, 5) is 4.94. The molecule has 1 saturated heterocycles. The first-order chi connectivity index (χ1) is 15.2. The molecule has 3 aromatic rings. The molecule has 1 atom stereocenters. The quantitative estimate of drug-likeness (QED) is 0.441. The van der Waals surface area contributed by atoms with Crippen molar-refractivity contribution in [1.82, 2.24) is 9.80 Å². The van der Waals surface area contributed by atoms with Crippen LogP contribution in [0.4, 0.5) is 4.39 Å². The van der Waals surface area contributed by atoms with Crippen LogP contribution < -0.4 is 4.74 Å². The first kappa shape index (κ1) is 21.8. The minimum atomic E-state index is -0.343. The lowest BCUT2D eigenvalue weighted by Crippen LogP contribution is -2.46. The maximum absolute atomic E-state index is 14.5. The Hall–Kier alpha value is -2.40. The maximum Gasteiger partial charge on any atom is 0.130 e. The molecule has 3 nitrogen and oxygen atoms in total. The van der Waals surface area contributed by atoms with Gasteiger partial charge in [-0.15, -0.1) is 0 Å². The molecule has 31 heavy (non-hydrogen) atoms. The Balaban J connectivity index is 1.34. The summed E-state index contributed by atoms with van der Waals surface area (Å²) in [5.74, 6) is 0.472. The zero-order valence-electron chi connectivity index (χ0n) is 17.6. The standard InChI is InChI=1S/C26H28ClFN2O/c27-22-10-12-23(13-11-22)31-26(24-8-4-5-9-25(24)28)14-15-29-16-18-30(19-17-29)20-21-6-2-1-3-7-21/h1-13,26H,14-20H2. The van der Waals surface area contributed by atoms with Gasteiger partial charge in [0.25, 0.3) is 0 Å². The Morgan fingerprint density at radius 1 is 0.806 bits per heavy atom. The van der Waals surface area contributed by atoms with Crippen molar-refractivity contribution < 1.29 is 9.13 Å². The molecule has 162 valence electrons. The SMILES string of the molecule is Fc1ccccc1C(CCN1CCN(Cc2ccccc2)CC1)Oc1ccc(Cl)cc1. The highest BCUT2D eigenvalue weighted by atomic mass is 35.5.